The van der Waals surface area contributed by atoms with Crippen molar-refractivity contribution in [2.45, 2.75) is 44.3 Å². The van der Waals surface area contributed by atoms with Gasteiger partial charge in [0.15, 0.2) is 0 Å². The van der Waals surface area contributed by atoms with E-state index in [-0.39, 0.29) is 0 Å². The van der Waals surface area contributed by atoms with Crippen molar-refractivity contribution in [3.8, 4) is 28.7 Å². The standard InChI is InChI=1S/C32H28BNO3/c1-30(2,35)31(3,4)37-33-21-14-15-23-22-9-5-6-10-24(22)32(26(23)18-21)25-11-7-8-12-28(25)36-29-16-13-20(19-34)17-27(29)32/h5-18,33,35H,1-4H3. The van der Waals surface area contributed by atoms with Crippen LogP contribution in [0.3, 0.4) is 0 Å². The van der Waals surface area contributed by atoms with Crippen molar-refractivity contribution in [2.75, 3.05) is 0 Å². The molecular formula is C32H28BNO3. The Bertz CT molecular complexity index is 1590. The summed E-state index contributed by atoms with van der Waals surface area (Å²) in [6.07, 6.45) is 0. The molecule has 182 valence electrons. The van der Waals surface area contributed by atoms with Gasteiger partial charge in [0.25, 0.3) is 0 Å². The molecule has 0 saturated carbocycles. The molecule has 4 aromatic carbocycles. The number of hydrogen-bond acceptors (Lipinski definition) is 4. The van der Waals surface area contributed by atoms with E-state index in [1.165, 1.54) is 11.1 Å². The van der Waals surface area contributed by atoms with Crippen molar-refractivity contribution in [1.29, 1.82) is 5.26 Å². The Hall–Kier alpha value is -3.85. The summed E-state index contributed by atoms with van der Waals surface area (Å²) in [4.78, 5) is 0. The highest BCUT2D eigenvalue weighted by Gasteiger charge is 2.51. The molecule has 5 heteroatoms. The van der Waals surface area contributed by atoms with Gasteiger partial charge in [-0.3, -0.25) is 0 Å². The summed E-state index contributed by atoms with van der Waals surface area (Å²) in [6.45, 7) is 7.35. The molecule has 1 unspecified atom stereocenters. The zero-order valence-corrected chi connectivity index (χ0v) is 21.5. The van der Waals surface area contributed by atoms with Crippen LogP contribution in [0.25, 0.3) is 11.1 Å². The number of rotatable bonds is 4. The van der Waals surface area contributed by atoms with Crippen LogP contribution in [0.15, 0.2) is 84.9 Å². The highest BCUT2D eigenvalue weighted by Crippen LogP contribution is 2.61. The summed E-state index contributed by atoms with van der Waals surface area (Å²) in [5.41, 5.74) is 5.92. The second-order valence-corrected chi connectivity index (χ2v) is 11.0. The lowest BCUT2D eigenvalue weighted by molar-refractivity contribution is -0.0893. The van der Waals surface area contributed by atoms with Gasteiger partial charge in [-0.15, -0.1) is 0 Å². The summed E-state index contributed by atoms with van der Waals surface area (Å²) in [5, 5.41) is 20.4. The van der Waals surface area contributed by atoms with Crippen LogP contribution >= 0.6 is 0 Å². The fourth-order valence-corrected chi connectivity index (χ4v) is 5.55. The van der Waals surface area contributed by atoms with Gasteiger partial charge >= 0.3 is 7.48 Å². The van der Waals surface area contributed by atoms with Crippen LogP contribution in [0.4, 0.5) is 0 Å². The molecule has 0 amide bonds. The van der Waals surface area contributed by atoms with E-state index in [9.17, 15) is 10.4 Å². The lowest BCUT2D eigenvalue weighted by atomic mass is 9.65. The minimum Gasteiger partial charge on any atom is -0.457 e. The quantitative estimate of drug-likeness (QED) is 0.332. The molecule has 2 aliphatic rings. The predicted molar refractivity (Wildman–Crippen MR) is 147 cm³/mol. The second-order valence-electron chi connectivity index (χ2n) is 11.0. The van der Waals surface area contributed by atoms with Gasteiger partial charge in [0.05, 0.1) is 28.2 Å². The van der Waals surface area contributed by atoms with Gasteiger partial charge in [-0.1, -0.05) is 66.1 Å². The molecule has 6 rings (SSSR count). The number of ether oxygens (including phenoxy) is 1. The van der Waals surface area contributed by atoms with Gasteiger partial charge in [0.2, 0.25) is 0 Å². The Morgan fingerprint density at radius 3 is 2.22 bits per heavy atom. The third-order valence-corrected chi connectivity index (χ3v) is 8.21. The highest BCUT2D eigenvalue weighted by atomic mass is 16.5. The van der Waals surface area contributed by atoms with E-state index >= 15 is 0 Å². The van der Waals surface area contributed by atoms with Crippen molar-refractivity contribution in [3.05, 3.63) is 113 Å². The molecular weight excluding hydrogens is 457 g/mol. The van der Waals surface area contributed by atoms with Crippen LogP contribution < -0.4 is 10.2 Å². The molecule has 4 aromatic rings. The first-order valence-corrected chi connectivity index (χ1v) is 12.6. The number of aliphatic hydroxyl groups is 1. The molecule has 0 fully saturated rings. The second kappa shape index (κ2) is 8.08. The molecule has 0 aromatic heterocycles. The van der Waals surface area contributed by atoms with Crippen LogP contribution in [0.1, 0.15) is 55.5 Å². The van der Waals surface area contributed by atoms with Gasteiger partial charge in [-0.2, -0.15) is 5.26 Å². The predicted octanol–water partition coefficient (Wildman–Crippen LogP) is 5.57. The lowest BCUT2D eigenvalue weighted by Crippen LogP contribution is -2.49. The first kappa shape index (κ1) is 23.5. The summed E-state index contributed by atoms with van der Waals surface area (Å²) in [5.74, 6) is 1.57. The molecule has 37 heavy (non-hydrogen) atoms. The summed E-state index contributed by atoms with van der Waals surface area (Å²) in [6, 6.07) is 31.2. The van der Waals surface area contributed by atoms with Crippen LogP contribution in [0, 0.1) is 11.3 Å². The Morgan fingerprint density at radius 1 is 0.784 bits per heavy atom. The number of fused-ring (bicyclic) bond motifs is 9. The number of hydrogen-bond donors (Lipinski definition) is 1. The van der Waals surface area contributed by atoms with Gasteiger partial charge < -0.3 is 14.5 Å². The molecule has 1 N–H and O–H groups in total. The normalized spacial score (nSPS) is 17.2. The topological polar surface area (TPSA) is 62.5 Å². The van der Waals surface area contributed by atoms with Crippen molar-refractivity contribution in [1.82, 2.24) is 0 Å². The monoisotopic (exact) mass is 485 g/mol. The number of nitriles is 1. The summed E-state index contributed by atoms with van der Waals surface area (Å²) >= 11 is 0. The van der Waals surface area contributed by atoms with Crippen molar-refractivity contribution < 1.29 is 14.5 Å². The van der Waals surface area contributed by atoms with Crippen molar-refractivity contribution in [2.24, 2.45) is 0 Å². The first-order valence-electron chi connectivity index (χ1n) is 12.6. The van der Waals surface area contributed by atoms with E-state index < -0.39 is 16.6 Å². The average Bonchev–Trinajstić information content (AvgIpc) is 3.17. The van der Waals surface area contributed by atoms with E-state index in [0.29, 0.717) is 13.0 Å². The van der Waals surface area contributed by atoms with E-state index in [1.54, 1.807) is 13.8 Å². The van der Waals surface area contributed by atoms with E-state index in [1.807, 2.05) is 50.2 Å². The smallest absolute Gasteiger partial charge is 0.309 e. The van der Waals surface area contributed by atoms with Gasteiger partial charge in [-0.05, 0) is 74.2 Å². The maximum Gasteiger partial charge on any atom is 0.309 e. The fourth-order valence-electron chi connectivity index (χ4n) is 5.55. The number of benzene rings is 4. The van der Waals surface area contributed by atoms with Crippen LogP contribution in [0.5, 0.6) is 11.5 Å². The molecule has 1 spiro atoms. The van der Waals surface area contributed by atoms with E-state index in [4.69, 9.17) is 9.39 Å². The van der Waals surface area contributed by atoms with Crippen molar-refractivity contribution >= 4 is 12.9 Å². The third-order valence-electron chi connectivity index (χ3n) is 8.21. The van der Waals surface area contributed by atoms with E-state index in [2.05, 4.69) is 54.6 Å². The first-order chi connectivity index (χ1) is 17.7. The molecule has 1 atom stereocenters. The van der Waals surface area contributed by atoms with Gasteiger partial charge in [0, 0.05) is 11.1 Å². The minimum absolute atomic E-state index is 0.361. The SMILES string of the molecule is CC(C)(O)C(C)(C)OBc1ccc2c(c1)C1(c3ccccc3Oc3ccc(C#N)cc31)c1ccccc1-2. The van der Waals surface area contributed by atoms with Gasteiger partial charge in [0.1, 0.15) is 11.5 Å². The average molecular weight is 485 g/mol. The Labute approximate surface area is 218 Å². The van der Waals surface area contributed by atoms with Gasteiger partial charge in [-0.25, -0.2) is 0 Å². The fraction of sp³-hybridized carbons (Fsp3) is 0.219. The highest BCUT2D eigenvalue weighted by molar-refractivity contribution is 6.47. The van der Waals surface area contributed by atoms with Crippen LogP contribution in [-0.4, -0.2) is 23.8 Å². The summed E-state index contributed by atoms with van der Waals surface area (Å²) in [7, 11) is 0.361. The summed E-state index contributed by atoms with van der Waals surface area (Å²) < 4.78 is 12.6. The maximum absolute atomic E-state index is 10.6. The van der Waals surface area contributed by atoms with E-state index in [0.717, 1.165) is 39.2 Å². The Kier molecular flexibility index (Phi) is 5.14. The maximum atomic E-state index is 10.6. The third kappa shape index (κ3) is 3.37. The molecule has 4 nitrogen and oxygen atoms in total. The molecule has 1 aliphatic carbocycles. The minimum atomic E-state index is -0.993. The van der Waals surface area contributed by atoms with Crippen LogP contribution in [-0.2, 0) is 10.1 Å². The molecule has 0 bridgehead atoms. The Morgan fingerprint density at radius 2 is 1.46 bits per heavy atom. The molecule has 1 heterocycles. The molecule has 0 saturated heterocycles. The van der Waals surface area contributed by atoms with Crippen molar-refractivity contribution in [3.63, 3.8) is 0 Å². The Balaban J connectivity index is 1.62. The molecule has 0 radical (unpaired) electrons. The zero-order chi connectivity index (χ0) is 26.0. The largest absolute Gasteiger partial charge is 0.457 e. The number of nitrogens with zero attached hydrogens (tertiary/aromatic N) is 1. The lowest BCUT2D eigenvalue weighted by Gasteiger charge is -2.39. The van der Waals surface area contributed by atoms with Crippen LogP contribution in [0.2, 0.25) is 0 Å². The number of para-hydroxylation sites is 1. The zero-order valence-electron chi connectivity index (χ0n) is 21.5. The molecule has 1 aliphatic heterocycles.